The predicted molar refractivity (Wildman–Crippen MR) is 109 cm³/mol. The van der Waals surface area contributed by atoms with Crippen LogP contribution in [0.1, 0.15) is 10.4 Å². The molecule has 0 heterocycles. The van der Waals surface area contributed by atoms with E-state index in [9.17, 15) is 9.90 Å². The smallest absolute Gasteiger partial charge is 0.338 e. The van der Waals surface area contributed by atoms with E-state index in [1.165, 1.54) is 0 Å². The van der Waals surface area contributed by atoms with E-state index in [-0.39, 0.29) is 32.2 Å². The zero-order chi connectivity index (χ0) is 20.6. The van der Waals surface area contributed by atoms with Crippen LogP contribution in [0.25, 0.3) is 22.3 Å². The quantitative estimate of drug-likeness (QED) is 0.508. The first-order chi connectivity index (χ1) is 14.1. The average Bonchev–Trinajstić information content (AvgIpc) is 2.76. The lowest BCUT2D eigenvalue weighted by Gasteiger charge is -2.11. The first-order valence-corrected chi connectivity index (χ1v) is 9.17. The molecule has 0 aromatic heterocycles. The lowest BCUT2D eigenvalue weighted by Crippen LogP contribution is -2.09. The molecule has 0 unspecified atom stereocenters. The van der Waals surface area contributed by atoms with Gasteiger partial charge in [0.2, 0.25) is 0 Å². The molecule has 0 aliphatic heterocycles. The zero-order valence-electron chi connectivity index (χ0n) is 15.7. The number of aliphatic hydroxyl groups is 2. The van der Waals surface area contributed by atoms with Gasteiger partial charge in [0.25, 0.3) is 0 Å². The summed E-state index contributed by atoms with van der Waals surface area (Å²) in [6.07, 6.45) is 0. The van der Waals surface area contributed by atoms with Gasteiger partial charge in [0.05, 0.1) is 18.8 Å². The molecule has 0 saturated carbocycles. The summed E-state index contributed by atoms with van der Waals surface area (Å²) in [6.45, 7) is -0.160. The summed E-state index contributed by atoms with van der Waals surface area (Å²) in [7, 11) is 0. The summed E-state index contributed by atoms with van der Waals surface area (Å²) in [4.78, 5) is 12.4. The van der Waals surface area contributed by atoms with Crippen LogP contribution in [0.5, 0.6) is 11.5 Å². The minimum Gasteiger partial charge on any atom is -0.508 e. The molecule has 6 nitrogen and oxygen atoms in total. The molecule has 3 aromatic carbocycles. The van der Waals surface area contributed by atoms with Crippen LogP contribution < -0.4 is 4.74 Å². The number of benzene rings is 3. The Kier molecular flexibility index (Phi) is 6.84. The maximum atomic E-state index is 12.4. The number of carbonyl (C=O) groups is 1. The van der Waals surface area contributed by atoms with Gasteiger partial charge in [-0.25, -0.2) is 4.79 Å². The van der Waals surface area contributed by atoms with Crippen LogP contribution in [-0.2, 0) is 4.74 Å². The summed E-state index contributed by atoms with van der Waals surface area (Å²) < 4.78 is 10.5. The number of aromatic hydroxyl groups is 1. The highest BCUT2D eigenvalue weighted by Crippen LogP contribution is 2.30. The van der Waals surface area contributed by atoms with Crippen molar-refractivity contribution in [1.82, 2.24) is 0 Å². The highest BCUT2D eigenvalue weighted by Gasteiger charge is 2.12. The zero-order valence-corrected chi connectivity index (χ0v) is 15.7. The van der Waals surface area contributed by atoms with E-state index in [2.05, 4.69) is 0 Å². The fraction of sp³-hybridized carbons (Fsp3) is 0.174. The Bertz CT molecular complexity index is 948. The van der Waals surface area contributed by atoms with Gasteiger partial charge in [0, 0.05) is 0 Å². The molecule has 0 fully saturated rings. The van der Waals surface area contributed by atoms with E-state index >= 15 is 0 Å². The molecule has 3 aromatic rings. The molecule has 3 N–H and O–H groups in total. The number of esters is 1. The van der Waals surface area contributed by atoms with Gasteiger partial charge in [-0.15, -0.1) is 0 Å². The van der Waals surface area contributed by atoms with Crippen molar-refractivity contribution in [3.8, 4) is 33.8 Å². The molecule has 0 radical (unpaired) electrons. The van der Waals surface area contributed by atoms with E-state index in [1.807, 2.05) is 18.2 Å². The lowest BCUT2D eigenvalue weighted by atomic mass is 9.96. The highest BCUT2D eigenvalue weighted by atomic mass is 16.5. The Hall–Kier alpha value is -3.35. The Morgan fingerprint density at radius 3 is 1.83 bits per heavy atom. The van der Waals surface area contributed by atoms with Crippen molar-refractivity contribution in [3.63, 3.8) is 0 Å². The Morgan fingerprint density at radius 1 is 0.724 bits per heavy atom. The van der Waals surface area contributed by atoms with E-state index in [1.54, 1.807) is 48.5 Å². The number of ether oxygens (including phenoxy) is 2. The summed E-state index contributed by atoms with van der Waals surface area (Å²) in [6, 6.07) is 19.4. The molecule has 29 heavy (non-hydrogen) atoms. The van der Waals surface area contributed by atoms with E-state index in [0.29, 0.717) is 11.3 Å². The normalized spacial score (nSPS) is 10.6. The first-order valence-electron chi connectivity index (χ1n) is 9.17. The molecular weight excluding hydrogens is 372 g/mol. The minimum atomic E-state index is -0.524. The Morgan fingerprint density at radius 2 is 1.28 bits per heavy atom. The molecule has 6 heteroatoms. The standard InChI is InChI=1S/C23H22O6/c24-9-11-28-22-7-3-17(4-8-22)19-13-18(16-1-5-21(26)6-2-16)14-20(15-19)23(27)29-12-10-25/h1-8,13-15,24-26H,9-12H2. The van der Waals surface area contributed by atoms with Gasteiger partial charge in [-0.2, -0.15) is 0 Å². The Labute approximate surface area is 168 Å². The maximum absolute atomic E-state index is 12.4. The fourth-order valence-electron chi connectivity index (χ4n) is 2.86. The number of rotatable bonds is 8. The molecule has 0 amide bonds. The Balaban J connectivity index is 1.99. The summed E-state index contributed by atoms with van der Waals surface area (Å²) in [5.41, 5.74) is 3.67. The average molecular weight is 394 g/mol. The lowest BCUT2D eigenvalue weighted by molar-refractivity contribution is 0.0434. The van der Waals surface area contributed by atoms with Crippen molar-refractivity contribution < 1.29 is 29.6 Å². The minimum absolute atomic E-state index is 0.0598. The molecular formula is C23H22O6. The van der Waals surface area contributed by atoms with Gasteiger partial charge < -0.3 is 24.8 Å². The first kappa shape index (κ1) is 20.4. The summed E-state index contributed by atoms with van der Waals surface area (Å²) in [5.74, 6) is 0.273. The molecule has 3 rings (SSSR count). The van der Waals surface area contributed by atoms with Crippen molar-refractivity contribution in [3.05, 3.63) is 72.3 Å². The van der Waals surface area contributed by atoms with Crippen molar-refractivity contribution in [1.29, 1.82) is 0 Å². The number of hydrogen-bond donors (Lipinski definition) is 3. The SMILES string of the molecule is O=C(OCCO)c1cc(-c2ccc(O)cc2)cc(-c2ccc(OCCO)cc2)c1. The van der Waals surface area contributed by atoms with Crippen LogP contribution in [-0.4, -0.2) is 47.7 Å². The van der Waals surface area contributed by atoms with Crippen molar-refractivity contribution >= 4 is 5.97 Å². The molecule has 0 aliphatic rings. The highest BCUT2D eigenvalue weighted by molar-refractivity contribution is 5.93. The molecule has 0 aliphatic carbocycles. The number of hydrogen-bond acceptors (Lipinski definition) is 6. The second-order valence-electron chi connectivity index (χ2n) is 6.30. The number of phenolic OH excluding ortho intramolecular Hbond substituents is 1. The van der Waals surface area contributed by atoms with Crippen LogP contribution in [0.3, 0.4) is 0 Å². The van der Waals surface area contributed by atoms with Crippen molar-refractivity contribution in [2.75, 3.05) is 26.4 Å². The monoisotopic (exact) mass is 394 g/mol. The van der Waals surface area contributed by atoms with E-state index in [4.69, 9.17) is 19.7 Å². The molecule has 150 valence electrons. The number of phenols is 1. The van der Waals surface area contributed by atoms with Gasteiger partial charge in [0.15, 0.2) is 0 Å². The van der Waals surface area contributed by atoms with Gasteiger partial charge >= 0.3 is 5.97 Å². The fourth-order valence-corrected chi connectivity index (χ4v) is 2.86. The summed E-state index contributed by atoms with van der Waals surface area (Å²) in [5, 5.41) is 27.3. The predicted octanol–water partition coefficient (Wildman–Crippen LogP) is 3.25. The van der Waals surface area contributed by atoms with E-state index in [0.717, 1.165) is 22.3 Å². The second kappa shape index (κ2) is 9.73. The molecule has 0 atom stereocenters. The van der Waals surface area contributed by atoms with Crippen LogP contribution in [0.4, 0.5) is 0 Å². The van der Waals surface area contributed by atoms with Crippen LogP contribution >= 0.6 is 0 Å². The topological polar surface area (TPSA) is 96.2 Å². The largest absolute Gasteiger partial charge is 0.508 e. The van der Waals surface area contributed by atoms with E-state index < -0.39 is 5.97 Å². The number of carbonyl (C=O) groups excluding carboxylic acids is 1. The third-order valence-electron chi connectivity index (χ3n) is 4.24. The molecule has 0 bridgehead atoms. The van der Waals surface area contributed by atoms with Crippen molar-refractivity contribution in [2.45, 2.75) is 0 Å². The maximum Gasteiger partial charge on any atom is 0.338 e. The third kappa shape index (κ3) is 5.34. The molecule has 0 saturated heterocycles. The second-order valence-corrected chi connectivity index (χ2v) is 6.30. The third-order valence-corrected chi connectivity index (χ3v) is 4.24. The van der Waals surface area contributed by atoms with Crippen LogP contribution in [0.2, 0.25) is 0 Å². The summed E-state index contributed by atoms with van der Waals surface area (Å²) >= 11 is 0. The van der Waals surface area contributed by atoms with Gasteiger partial charge in [-0.3, -0.25) is 0 Å². The molecule has 0 spiro atoms. The number of aliphatic hydroxyl groups excluding tert-OH is 2. The van der Waals surface area contributed by atoms with Crippen molar-refractivity contribution in [2.24, 2.45) is 0 Å². The van der Waals surface area contributed by atoms with Gasteiger partial charge in [0.1, 0.15) is 24.7 Å². The van der Waals surface area contributed by atoms with Gasteiger partial charge in [-0.05, 0) is 64.7 Å². The van der Waals surface area contributed by atoms with Gasteiger partial charge in [-0.1, -0.05) is 24.3 Å². The van der Waals surface area contributed by atoms with Crippen LogP contribution in [0.15, 0.2) is 66.7 Å². The van der Waals surface area contributed by atoms with Crippen LogP contribution in [0, 0.1) is 0 Å².